The molecule has 1 amide bonds. The molecule has 0 spiro atoms. The molecule has 23 heavy (non-hydrogen) atoms. The van der Waals surface area contributed by atoms with Crippen LogP contribution in [0.3, 0.4) is 0 Å². The Morgan fingerprint density at radius 1 is 1.35 bits per heavy atom. The number of hydrogen-bond acceptors (Lipinski definition) is 3. The van der Waals surface area contributed by atoms with Crippen molar-refractivity contribution >= 4 is 23.2 Å². The molecule has 1 heterocycles. The van der Waals surface area contributed by atoms with Gasteiger partial charge in [0.2, 0.25) is 0 Å². The molecule has 0 saturated heterocycles. The summed E-state index contributed by atoms with van der Waals surface area (Å²) >= 11 is 5.22. The highest BCUT2D eigenvalue weighted by Crippen LogP contribution is 2.28. The topological polar surface area (TPSA) is 62.4 Å². The lowest BCUT2D eigenvalue weighted by atomic mass is 9.95. The first-order chi connectivity index (χ1) is 10.9. The summed E-state index contributed by atoms with van der Waals surface area (Å²) < 4.78 is 5.70. The first-order valence-corrected chi connectivity index (χ1v) is 8.06. The van der Waals surface area contributed by atoms with E-state index in [1.165, 1.54) is 0 Å². The van der Waals surface area contributed by atoms with Gasteiger partial charge < -0.3 is 20.7 Å². The fourth-order valence-electron chi connectivity index (χ4n) is 2.40. The van der Waals surface area contributed by atoms with E-state index in [1.54, 1.807) is 7.05 Å². The molecule has 3 N–H and O–H groups in total. The smallest absolute Gasteiger partial charge is 0.251 e. The minimum atomic E-state index is -0.275. The van der Waals surface area contributed by atoms with Gasteiger partial charge in [-0.2, -0.15) is 0 Å². The molecule has 1 unspecified atom stereocenters. The van der Waals surface area contributed by atoms with Gasteiger partial charge in [0, 0.05) is 12.7 Å². The van der Waals surface area contributed by atoms with Gasteiger partial charge in [0.05, 0.1) is 18.2 Å². The molecule has 1 aromatic carbocycles. The number of allylic oxidation sites excluding steroid dienone is 1. The number of rotatable bonds is 5. The average Bonchev–Trinajstić information content (AvgIpc) is 2.52. The molecule has 0 saturated carbocycles. The Hall–Kier alpha value is -2.08. The molecule has 0 radical (unpaired) electrons. The van der Waals surface area contributed by atoms with E-state index in [2.05, 4.69) is 29.8 Å². The lowest BCUT2D eigenvalue weighted by Crippen LogP contribution is -2.46. The summed E-state index contributed by atoms with van der Waals surface area (Å²) in [6.07, 6.45) is 0. The minimum absolute atomic E-state index is 0.130. The molecule has 0 aliphatic carbocycles. The maximum absolute atomic E-state index is 12.2. The van der Waals surface area contributed by atoms with Gasteiger partial charge in [-0.05, 0) is 42.8 Å². The summed E-state index contributed by atoms with van der Waals surface area (Å²) in [6.45, 7) is 6.75. The quantitative estimate of drug-likeness (QED) is 0.722. The Bertz CT molecular complexity index is 623. The summed E-state index contributed by atoms with van der Waals surface area (Å²) in [7, 11) is 1.62. The lowest BCUT2D eigenvalue weighted by Gasteiger charge is -2.30. The van der Waals surface area contributed by atoms with Crippen molar-refractivity contribution in [1.82, 2.24) is 16.0 Å². The molecule has 0 bridgehead atoms. The van der Waals surface area contributed by atoms with Gasteiger partial charge in [-0.25, -0.2) is 0 Å². The number of thiocarbonyl (C=S) groups is 1. The third kappa shape index (κ3) is 4.22. The highest BCUT2D eigenvalue weighted by molar-refractivity contribution is 7.80. The Kier molecular flexibility index (Phi) is 5.60. The monoisotopic (exact) mass is 333 g/mol. The number of likely N-dealkylation sites (N-methyl/N-ethyl adjacent to an activating group) is 1. The van der Waals surface area contributed by atoms with Crippen LogP contribution in [0.15, 0.2) is 35.5 Å². The summed E-state index contributed by atoms with van der Waals surface area (Å²) in [5, 5.41) is 9.35. The number of nitrogens with one attached hydrogen (secondary N) is 3. The van der Waals surface area contributed by atoms with E-state index < -0.39 is 0 Å². The van der Waals surface area contributed by atoms with Crippen LogP contribution in [0.1, 0.15) is 32.4 Å². The minimum Gasteiger partial charge on any atom is -0.493 e. The molecular weight excluding hydrogens is 310 g/mol. The molecule has 1 aliphatic heterocycles. The number of amides is 1. The van der Waals surface area contributed by atoms with Crippen molar-refractivity contribution in [3.05, 3.63) is 41.1 Å². The number of carbonyl (C=O) groups is 1. The molecule has 0 fully saturated rings. The zero-order chi connectivity index (χ0) is 17.0. The molecule has 124 valence electrons. The zero-order valence-corrected chi connectivity index (χ0v) is 14.7. The molecule has 6 heteroatoms. The van der Waals surface area contributed by atoms with Gasteiger partial charge in [0.1, 0.15) is 5.75 Å². The van der Waals surface area contributed by atoms with E-state index in [-0.39, 0.29) is 11.9 Å². The second-order valence-corrected chi connectivity index (χ2v) is 6.33. The predicted octanol–water partition coefficient (Wildman–Crippen LogP) is 2.26. The van der Waals surface area contributed by atoms with Crippen LogP contribution in [-0.2, 0) is 4.79 Å². The second-order valence-electron chi connectivity index (χ2n) is 5.92. The molecular formula is C17H23N3O2S. The van der Waals surface area contributed by atoms with Crippen molar-refractivity contribution in [3.63, 3.8) is 0 Å². The largest absolute Gasteiger partial charge is 0.493 e. The van der Waals surface area contributed by atoms with E-state index in [0.29, 0.717) is 23.2 Å². The van der Waals surface area contributed by atoms with Crippen molar-refractivity contribution in [3.8, 4) is 5.75 Å². The normalized spacial score (nSPS) is 17.6. The summed E-state index contributed by atoms with van der Waals surface area (Å²) in [5.41, 5.74) is 2.36. The maximum atomic E-state index is 12.2. The summed E-state index contributed by atoms with van der Waals surface area (Å²) in [4.78, 5) is 12.2. The summed E-state index contributed by atoms with van der Waals surface area (Å²) in [6, 6.07) is 7.47. The van der Waals surface area contributed by atoms with Crippen LogP contribution in [0.5, 0.6) is 5.75 Å². The van der Waals surface area contributed by atoms with Gasteiger partial charge in [-0.1, -0.05) is 26.0 Å². The predicted molar refractivity (Wildman–Crippen MR) is 95.2 cm³/mol. The van der Waals surface area contributed by atoms with Crippen molar-refractivity contribution < 1.29 is 9.53 Å². The van der Waals surface area contributed by atoms with Crippen LogP contribution < -0.4 is 20.7 Å². The lowest BCUT2D eigenvalue weighted by molar-refractivity contribution is -0.117. The van der Waals surface area contributed by atoms with Crippen molar-refractivity contribution in [2.24, 2.45) is 5.92 Å². The van der Waals surface area contributed by atoms with Crippen LogP contribution >= 0.6 is 12.2 Å². The van der Waals surface area contributed by atoms with Gasteiger partial charge in [-0.3, -0.25) is 4.79 Å². The van der Waals surface area contributed by atoms with Gasteiger partial charge >= 0.3 is 0 Å². The van der Waals surface area contributed by atoms with Crippen molar-refractivity contribution in [2.45, 2.75) is 26.8 Å². The van der Waals surface area contributed by atoms with Crippen LogP contribution in [0.2, 0.25) is 0 Å². The molecule has 5 nitrogen and oxygen atoms in total. The third-order valence-corrected chi connectivity index (χ3v) is 3.76. The fraction of sp³-hybridized carbons (Fsp3) is 0.412. The standard InChI is InChI=1S/C17H23N3O2S/c1-10(2)9-22-13-7-5-12(6-8-13)15-14(16(21)18-4)11(3)19-17(23)20-15/h5-8,10,15H,9H2,1-4H3,(H,18,21)(H2,19,20,23). The van der Waals surface area contributed by atoms with Crippen LogP contribution in [0, 0.1) is 5.92 Å². The Labute approximate surface area is 142 Å². The molecule has 1 aromatic rings. The first kappa shape index (κ1) is 17.3. The molecule has 2 rings (SSSR count). The third-order valence-electron chi connectivity index (χ3n) is 3.54. The maximum Gasteiger partial charge on any atom is 0.251 e. The summed E-state index contributed by atoms with van der Waals surface area (Å²) in [5.74, 6) is 1.17. The Balaban J connectivity index is 2.26. The number of ether oxygens (including phenoxy) is 1. The first-order valence-electron chi connectivity index (χ1n) is 7.65. The molecule has 0 aromatic heterocycles. The van der Waals surface area contributed by atoms with E-state index in [9.17, 15) is 4.79 Å². The average molecular weight is 333 g/mol. The fourth-order valence-corrected chi connectivity index (χ4v) is 2.67. The van der Waals surface area contributed by atoms with E-state index in [0.717, 1.165) is 17.0 Å². The second kappa shape index (κ2) is 7.46. The van der Waals surface area contributed by atoms with Crippen molar-refractivity contribution in [2.75, 3.05) is 13.7 Å². The highest BCUT2D eigenvalue weighted by atomic mass is 32.1. The highest BCUT2D eigenvalue weighted by Gasteiger charge is 2.29. The van der Waals surface area contributed by atoms with E-state index in [1.807, 2.05) is 31.2 Å². The Morgan fingerprint density at radius 2 is 2.00 bits per heavy atom. The number of benzene rings is 1. The van der Waals surface area contributed by atoms with Crippen LogP contribution in [0.4, 0.5) is 0 Å². The van der Waals surface area contributed by atoms with Crippen LogP contribution in [-0.4, -0.2) is 24.7 Å². The molecule has 1 atom stereocenters. The Morgan fingerprint density at radius 3 is 2.57 bits per heavy atom. The van der Waals surface area contributed by atoms with E-state index in [4.69, 9.17) is 17.0 Å². The van der Waals surface area contributed by atoms with Gasteiger partial charge in [0.15, 0.2) is 5.11 Å². The SMILES string of the molecule is CNC(=O)C1=C(C)NC(=S)NC1c1ccc(OCC(C)C)cc1. The van der Waals surface area contributed by atoms with Gasteiger partial charge in [0.25, 0.3) is 5.91 Å². The number of hydrogen-bond donors (Lipinski definition) is 3. The van der Waals surface area contributed by atoms with Crippen molar-refractivity contribution in [1.29, 1.82) is 0 Å². The number of carbonyl (C=O) groups excluding carboxylic acids is 1. The van der Waals surface area contributed by atoms with E-state index >= 15 is 0 Å². The zero-order valence-electron chi connectivity index (χ0n) is 13.9. The van der Waals surface area contributed by atoms with Gasteiger partial charge in [-0.15, -0.1) is 0 Å². The van der Waals surface area contributed by atoms with Crippen LogP contribution in [0.25, 0.3) is 0 Å². The molecule has 1 aliphatic rings.